The number of halogens is 1. The van der Waals surface area contributed by atoms with E-state index < -0.39 is 5.72 Å². The second-order valence-corrected chi connectivity index (χ2v) is 4.19. The average Bonchev–Trinajstić information content (AvgIpc) is 2.69. The first-order valence-corrected chi connectivity index (χ1v) is 5.61. The van der Waals surface area contributed by atoms with Gasteiger partial charge in [-0.1, -0.05) is 0 Å². The lowest BCUT2D eigenvalue weighted by Crippen LogP contribution is -2.43. The highest BCUT2D eigenvalue weighted by Crippen LogP contribution is 2.31. The van der Waals surface area contributed by atoms with Crippen molar-refractivity contribution < 1.29 is 9.53 Å². The first-order chi connectivity index (χ1) is 7.69. The Bertz CT molecular complexity index is 374. The summed E-state index contributed by atoms with van der Waals surface area (Å²) in [6.45, 7) is 2.36. The van der Waals surface area contributed by atoms with Crippen molar-refractivity contribution in [3.63, 3.8) is 0 Å². The zero-order valence-electron chi connectivity index (χ0n) is 8.97. The van der Waals surface area contributed by atoms with Crippen LogP contribution in [0.25, 0.3) is 0 Å². The van der Waals surface area contributed by atoms with Crippen LogP contribution in [-0.4, -0.2) is 35.5 Å². The van der Waals surface area contributed by atoms with Crippen LogP contribution in [0.2, 0.25) is 0 Å². The van der Waals surface area contributed by atoms with E-state index in [-0.39, 0.29) is 6.10 Å². The minimum atomic E-state index is -0.930. The lowest BCUT2D eigenvalue weighted by molar-refractivity contribution is -0.126. The lowest BCUT2D eigenvalue weighted by atomic mass is 10.2. The predicted octanol–water partition coefficient (Wildman–Crippen LogP) is 1.44. The van der Waals surface area contributed by atoms with Gasteiger partial charge in [-0.2, -0.15) is 0 Å². The summed E-state index contributed by atoms with van der Waals surface area (Å²) in [6, 6.07) is 3.70. The van der Waals surface area contributed by atoms with Crippen molar-refractivity contribution in [3.8, 4) is 0 Å². The molecule has 2 unspecified atom stereocenters. The molecule has 0 spiro atoms. The van der Waals surface area contributed by atoms with Crippen molar-refractivity contribution in [3.05, 3.63) is 24.5 Å². The third kappa shape index (κ3) is 1.90. The summed E-state index contributed by atoms with van der Waals surface area (Å²) in [5, 5.41) is 0. The van der Waals surface area contributed by atoms with Crippen LogP contribution in [0.15, 0.2) is 24.5 Å². The molecule has 1 aromatic rings. The molecule has 0 radical (unpaired) electrons. The summed E-state index contributed by atoms with van der Waals surface area (Å²) in [5.74, 6) is 0.380. The molecule has 0 saturated carbocycles. The molecule has 1 saturated heterocycles. The van der Waals surface area contributed by atoms with E-state index in [9.17, 15) is 4.79 Å². The first-order valence-electron chi connectivity index (χ1n) is 5.07. The van der Waals surface area contributed by atoms with Crippen molar-refractivity contribution in [1.29, 1.82) is 0 Å². The summed E-state index contributed by atoms with van der Waals surface area (Å²) in [5.41, 5.74) is -0.0156. The zero-order chi connectivity index (χ0) is 11.6. The van der Waals surface area contributed by atoms with Crippen LogP contribution in [0, 0.1) is 0 Å². The standard InChI is InChI=1S/C11H13ClN2O2/c1-11(8-15)14(7-10(6-12)16-11)9-2-4-13-5-3-9/h2-5,8,10H,6-7H2,1H3. The van der Waals surface area contributed by atoms with Gasteiger partial charge >= 0.3 is 0 Å². The van der Waals surface area contributed by atoms with E-state index in [0.717, 1.165) is 12.0 Å². The lowest BCUT2D eigenvalue weighted by Gasteiger charge is -2.29. The van der Waals surface area contributed by atoms with Crippen molar-refractivity contribution in [2.45, 2.75) is 18.8 Å². The Labute approximate surface area is 99.2 Å². The monoisotopic (exact) mass is 240 g/mol. The van der Waals surface area contributed by atoms with E-state index >= 15 is 0 Å². The Balaban J connectivity index is 2.29. The summed E-state index contributed by atoms with van der Waals surface area (Å²) in [6.07, 6.45) is 4.06. The SMILES string of the molecule is CC1(C=O)OC(CCl)CN1c1ccncc1. The molecular weight excluding hydrogens is 228 g/mol. The molecule has 1 aliphatic rings. The minimum Gasteiger partial charge on any atom is -0.343 e. The van der Waals surface area contributed by atoms with Gasteiger partial charge in [-0.05, 0) is 19.1 Å². The molecule has 2 heterocycles. The van der Waals surface area contributed by atoms with E-state index in [1.165, 1.54) is 0 Å². The van der Waals surface area contributed by atoms with Crippen LogP contribution < -0.4 is 4.90 Å². The molecule has 0 aliphatic carbocycles. The second-order valence-electron chi connectivity index (χ2n) is 3.88. The van der Waals surface area contributed by atoms with Gasteiger partial charge in [0.05, 0.1) is 12.0 Å². The molecule has 5 heteroatoms. The van der Waals surface area contributed by atoms with Crippen molar-refractivity contribution in [1.82, 2.24) is 4.98 Å². The quantitative estimate of drug-likeness (QED) is 0.592. The molecule has 2 atom stereocenters. The first kappa shape index (κ1) is 11.4. The zero-order valence-corrected chi connectivity index (χ0v) is 9.72. The van der Waals surface area contributed by atoms with Gasteiger partial charge in [0.1, 0.15) is 0 Å². The average molecular weight is 241 g/mol. The van der Waals surface area contributed by atoms with Crippen molar-refractivity contribution in [2.24, 2.45) is 0 Å². The fourth-order valence-electron chi connectivity index (χ4n) is 1.88. The third-order valence-corrected chi connectivity index (χ3v) is 3.04. The van der Waals surface area contributed by atoms with Crippen LogP contribution in [0.3, 0.4) is 0 Å². The number of nitrogens with zero attached hydrogens (tertiary/aromatic N) is 2. The highest BCUT2D eigenvalue weighted by atomic mass is 35.5. The number of aromatic nitrogens is 1. The molecule has 0 bridgehead atoms. The van der Waals surface area contributed by atoms with Crippen LogP contribution >= 0.6 is 11.6 Å². The van der Waals surface area contributed by atoms with Crippen LogP contribution in [0.4, 0.5) is 5.69 Å². The molecule has 0 N–H and O–H groups in total. The number of rotatable bonds is 3. The molecule has 16 heavy (non-hydrogen) atoms. The van der Waals surface area contributed by atoms with Gasteiger partial charge in [0.2, 0.25) is 0 Å². The van der Waals surface area contributed by atoms with Gasteiger partial charge in [-0.25, -0.2) is 0 Å². The maximum absolute atomic E-state index is 11.1. The third-order valence-electron chi connectivity index (χ3n) is 2.69. The van der Waals surface area contributed by atoms with E-state index in [1.54, 1.807) is 19.3 Å². The van der Waals surface area contributed by atoms with Crippen LogP contribution in [0.1, 0.15) is 6.92 Å². The Hall–Kier alpha value is -1.13. The fraction of sp³-hybridized carbons (Fsp3) is 0.455. The van der Waals surface area contributed by atoms with Crippen LogP contribution in [0.5, 0.6) is 0 Å². The number of anilines is 1. The smallest absolute Gasteiger partial charge is 0.195 e. The number of alkyl halides is 1. The van der Waals surface area contributed by atoms with Crippen LogP contribution in [-0.2, 0) is 9.53 Å². The minimum absolute atomic E-state index is 0.120. The predicted molar refractivity (Wildman–Crippen MR) is 61.6 cm³/mol. The van der Waals surface area contributed by atoms with Gasteiger partial charge in [0.25, 0.3) is 0 Å². The van der Waals surface area contributed by atoms with Gasteiger partial charge in [-0.3, -0.25) is 9.78 Å². The Morgan fingerprint density at radius 1 is 1.69 bits per heavy atom. The Kier molecular flexibility index (Phi) is 3.12. The Morgan fingerprint density at radius 3 is 2.94 bits per heavy atom. The molecule has 0 amide bonds. The van der Waals surface area contributed by atoms with E-state index in [1.807, 2.05) is 17.0 Å². The van der Waals surface area contributed by atoms with E-state index in [2.05, 4.69) is 4.98 Å². The molecule has 4 nitrogen and oxygen atoms in total. The molecular formula is C11H13ClN2O2. The van der Waals surface area contributed by atoms with Crippen molar-refractivity contribution in [2.75, 3.05) is 17.3 Å². The Morgan fingerprint density at radius 2 is 2.38 bits per heavy atom. The summed E-state index contributed by atoms with van der Waals surface area (Å²) in [4.78, 5) is 17.0. The number of hydrogen-bond acceptors (Lipinski definition) is 4. The molecule has 2 rings (SSSR count). The fourth-order valence-corrected chi connectivity index (χ4v) is 2.04. The summed E-state index contributed by atoms with van der Waals surface area (Å²) < 4.78 is 5.62. The van der Waals surface area contributed by atoms with E-state index in [0.29, 0.717) is 12.4 Å². The number of ether oxygens (including phenoxy) is 1. The number of carbonyl (C=O) groups excluding carboxylic acids is 1. The van der Waals surface area contributed by atoms with Gasteiger partial charge in [0, 0.05) is 24.6 Å². The second kappa shape index (κ2) is 4.39. The molecule has 1 fully saturated rings. The normalized spacial score (nSPS) is 29.4. The van der Waals surface area contributed by atoms with E-state index in [4.69, 9.17) is 16.3 Å². The van der Waals surface area contributed by atoms with Gasteiger partial charge < -0.3 is 9.64 Å². The number of carbonyl (C=O) groups is 1. The number of pyridine rings is 1. The largest absolute Gasteiger partial charge is 0.343 e. The van der Waals surface area contributed by atoms with Crippen molar-refractivity contribution >= 4 is 23.6 Å². The van der Waals surface area contributed by atoms with Gasteiger partial charge in [-0.15, -0.1) is 11.6 Å². The summed E-state index contributed by atoms with van der Waals surface area (Å²) >= 11 is 5.76. The molecule has 1 aliphatic heterocycles. The summed E-state index contributed by atoms with van der Waals surface area (Å²) in [7, 11) is 0. The highest BCUT2D eigenvalue weighted by molar-refractivity contribution is 6.18. The highest BCUT2D eigenvalue weighted by Gasteiger charge is 2.42. The molecule has 1 aromatic heterocycles. The molecule has 0 aromatic carbocycles. The number of hydrogen-bond donors (Lipinski definition) is 0. The maximum atomic E-state index is 11.1. The van der Waals surface area contributed by atoms with Gasteiger partial charge in [0.15, 0.2) is 12.0 Å². The maximum Gasteiger partial charge on any atom is 0.195 e. The number of aldehydes is 1. The molecule has 86 valence electrons. The topological polar surface area (TPSA) is 42.4 Å².